The highest BCUT2D eigenvalue weighted by Gasteiger charge is 2.41. The topological polar surface area (TPSA) is 144 Å². The summed E-state index contributed by atoms with van der Waals surface area (Å²) in [6.45, 7) is 1.82. The standard InChI is InChI=1S/C25H26N4O5S/c1-3-34-24(31)19(12-15-8-5-4-6-9-15)28-25(32)29-23(30)21-20(18(14-26)22(27)35-21)16-10-7-11-17(13-16)33-2/h4-11,13,19-21H,3,12,27H2,1-2H3,(H2,28,29,30,32)/t19-,20+,21+/m0/s1. The van der Waals surface area contributed by atoms with E-state index in [1.165, 1.54) is 7.11 Å². The number of rotatable bonds is 8. The molecule has 0 saturated heterocycles. The zero-order valence-electron chi connectivity index (χ0n) is 19.3. The number of thioether (sulfide) groups is 1. The number of urea groups is 1. The molecule has 1 aliphatic rings. The van der Waals surface area contributed by atoms with Gasteiger partial charge in [0.15, 0.2) is 0 Å². The van der Waals surface area contributed by atoms with Gasteiger partial charge in [-0.25, -0.2) is 9.59 Å². The average Bonchev–Trinajstić information content (AvgIpc) is 3.20. The van der Waals surface area contributed by atoms with Crippen LogP contribution >= 0.6 is 11.8 Å². The molecule has 0 bridgehead atoms. The molecule has 0 fully saturated rings. The summed E-state index contributed by atoms with van der Waals surface area (Å²) in [5.41, 5.74) is 7.75. The summed E-state index contributed by atoms with van der Waals surface area (Å²) < 4.78 is 10.3. The van der Waals surface area contributed by atoms with E-state index in [9.17, 15) is 19.6 Å². The summed E-state index contributed by atoms with van der Waals surface area (Å²) in [7, 11) is 1.52. The minimum atomic E-state index is -0.992. The first kappa shape index (κ1) is 25.6. The van der Waals surface area contributed by atoms with Crippen LogP contribution in [0.1, 0.15) is 24.0 Å². The van der Waals surface area contributed by atoms with Gasteiger partial charge in [0.1, 0.15) is 17.0 Å². The van der Waals surface area contributed by atoms with Gasteiger partial charge in [0, 0.05) is 12.3 Å². The molecule has 3 atom stereocenters. The van der Waals surface area contributed by atoms with Gasteiger partial charge in [0.25, 0.3) is 0 Å². The van der Waals surface area contributed by atoms with Crippen molar-refractivity contribution in [3.63, 3.8) is 0 Å². The van der Waals surface area contributed by atoms with Crippen LogP contribution in [0.3, 0.4) is 0 Å². The number of amides is 3. The summed E-state index contributed by atoms with van der Waals surface area (Å²) >= 11 is 1.01. The molecule has 0 unspecified atom stereocenters. The Morgan fingerprint density at radius 3 is 2.57 bits per heavy atom. The van der Waals surface area contributed by atoms with Crippen molar-refractivity contribution in [2.75, 3.05) is 13.7 Å². The Balaban J connectivity index is 1.75. The second-order valence-electron chi connectivity index (χ2n) is 7.64. The van der Waals surface area contributed by atoms with Gasteiger partial charge in [-0.2, -0.15) is 5.26 Å². The van der Waals surface area contributed by atoms with Crippen molar-refractivity contribution in [3.8, 4) is 11.8 Å². The van der Waals surface area contributed by atoms with Crippen LogP contribution < -0.4 is 21.1 Å². The Hall–Kier alpha value is -3.97. The number of ether oxygens (including phenoxy) is 2. The predicted octanol–water partition coefficient (Wildman–Crippen LogP) is 2.59. The molecular weight excluding hydrogens is 468 g/mol. The molecule has 0 spiro atoms. The Labute approximate surface area is 207 Å². The lowest BCUT2D eigenvalue weighted by Crippen LogP contribution is -2.51. The maximum atomic E-state index is 13.1. The third kappa shape index (κ3) is 6.33. The summed E-state index contributed by atoms with van der Waals surface area (Å²) in [5, 5.41) is 13.8. The van der Waals surface area contributed by atoms with Crippen molar-refractivity contribution in [2.24, 2.45) is 5.73 Å². The molecule has 10 heteroatoms. The molecule has 182 valence electrons. The number of esters is 1. The highest BCUT2D eigenvalue weighted by molar-refractivity contribution is 8.04. The highest BCUT2D eigenvalue weighted by Crippen LogP contribution is 2.46. The molecular formula is C25H26N4O5S. The largest absolute Gasteiger partial charge is 0.497 e. The van der Waals surface area contributed by atoms with Crippen LogP contribution in [0.5, 0.6) is 5.75 Å². The van der Waals surface area contributed by atoms with Crippen molar-refractivity contribution in [1.82, 2.24) is 10.6 Å². The molecule has 0 aromatic heterocycles. The van der Waals surface area contributed by atoms with E-state index in [0.29, 0.717) is 11.3 Å². The number of benzene rings is 2. The van der Waals surface area contributed by atoms with Crippen LogP contribution in [0.25, 0.3) is 0 Å². The molecule has 2 aromatic carbocycles. The SMILES string of the molecule is CCOC(=O)[C@H](Cc1ccccc1)NC(=O)NC(=O)[C@@H]1SC(N)=C(C#N)[C@H]1c1cccc(OC)c1. The maximum absolute atomic E-state index is 13.1. The van der Waals surface area contributed by atoms with E-state index in [-0.39, 0.29) is 23.6 Å². The van der Waals surface area contributed by atoms with Crippen molar-refractivity contribution in [3.05, 3.63) is 76.3 Å². The number of imide groups is 1. The van der Waals surface area contributed by atoms with Gasteiger partial charge >= 0.3 is 12.0 Å². The molecule has 2 aromatic rings. The van der Waals surface area contributed by atoms with E-state index in [1.54, 1.807) is 31.2 Å². The molecule has 35 heavy (non-hydrogen) atoms. The number of nitrogens with two attached hydrogens (primary N) is 1. The molecule has 1 aliphatic heterocycles. The van der Waals surface area contributed by atoms with Gasteiger partial charge < -0.3 is 20.5 Å². The fourth-order valence-corrected chi connectivity index (χ4v) is 4.91. The first-order valence-electron chi connectivity index (χ1n) is 10.9. The Kier molecular flexibility index (Phi) is 8.75. The number of methoxy groups -OCH3 is 1. The van der Waals surface area contributed by atoms with Crippen LogP contribution in [0, 0.1) is 11.3 Å². The van der Waals surface area contributed by atoms with E-state index < -0.39 is 35.1 Å². The zero-order valence-corrected chi connectivity index (χ0v) is 20.1. The van der Waals surface area contributed by atoms with Crippen LogP contribution in [-0.2, 0) is 20.7 Å². The number of nitriles is 1. The molecule has 0 saturated carbocycles. The number of nitrogens with zero attached hydrogens (tertiary/aromatic N) is 1. The van der Waals surface area contributed by atoms with Crippen LogP contribution in [0.15, 0.2) is 65.2 Å². The molecule has 1 heterocycles. The number of hydrogen-bond acceptors (Lipinski definition) is 8. The summed E-state index contributed by atoms with van der Waals surface area (Å²) in [6, 6.07) is 16.3. The minimum Gasteiger partial charge on any atom is -0.497 e. The number of allylic oxidation sites excluding steroid dienone is 1. The average molecular weight is 495 g/mol. The Bertz CT molecular complexity index is 1160. The molecule has 3 rings (SSSR count). The van der Waals surface area contributed by atoms with E-state index in [1.807, 2.05) is 30.3 Å². The lowest BCUT2D eigenvalue weighted by Gasteiger charge is -2.21. The Morgan fingerprint density at radius 2 is 1.91 bits per heavy atom. The minimum absolute atomic E-state index is 0.148. The molecule has 3 amide bonds. The second-order valence-corrected chi connectivity index (χ2v) is 8.82. The van der Waals surface area contributed by atoms with Crippen molar-refractivity contribution >= 4 is 29.7 Å². The van der Waals surface area contributed by atoms with Crippen LogP contribution in [0.4, 0.5) is 4.79 Å². The van der Waals surface area contributed by atoms with Crippen LogP contribution in [-0.4, -0.2) is 42.9 Å². The first-order valence-corrected chi connectivity index (χ1v) is 11.8. The molecule has 0 radical (unpaired) electrons. The second kappa shape index (κ2) is 11.9. The summed E-state index contributed by atoms with van der Waals surface area (Å²) in [6.07, 6.45) is 0.193. The van der Waals surface area contributed by atoms with Crippen molar-refractivity contribution in [1.29, 1.82) is 5.26 Å². The van der Waals surface area contributed by atoms with Gasteiger partial charge in [-0.1, -0.05) is 54.2 Å². The third-order valence-electron chi connectivity index (χ3n) is 5.36. The number of carbonyl (C=O) groups is 3. The quantitative estimate of drug-likeness (QED) is 0.475. The summed E-state index contributed by atoms with van der Waals surface area (Å²) in [4.78, 5) is 38.2. The fourth-order valence-electron chi connectivity index (χ4n) is 3.74. The molecule has 0 aliphatic carbocycles. The van der Waals surface area contributed by atoms with E-state index >= 15 is 0 Å². The monoisotopic (exact) mass is 494 g/mol. The van der Waals surface area contributed by atoms with Gasteiger partial charge in [0.2, 0.25) is 5.91 Å². The van der Waals surface area contributed by atoms with E-state index in [4.69, 9.17) is 15.2 Å². The highest BCUT2D eigenvalue weighted by atomic mass is 32.2. The Morgan fingerprint density at radius 1 is 1.17 bits per heavy atom. The first-order chi connectivity index (χ1) is 16.9. The smallest absolute Gasteiger partial charge is 0.329 e. The normalized spacial score (nSPS) is 17.7. The van der Waals surface area contributed by atoms with Gasteiger partial charge in [0.05, 0.1) is 30.4 Å². The van der Waals surface area contributed by atoms with Crippen molar-refractivity contribution in [2.45, 2.75) is 30.6 Å². The third-order valence-corrected chi connectivity index (χ3v) is 6.57. The lowest BCUT2D eigenvalue weighted by atomic mass is 9.88. The lowest BCUT2D eigenvalue weighted by molar-refractivity contribution is -0.145. The number of hydrogen-bond donors (Lipinski definition) is 3. The van der Waals surface area contributed by atoms with E-state index in [0.717, 1.165) is 17.3 Å². The van der Waals surface area contributed by atoms with E-state index in [2.05, 4.69) is 16.7 Å². The van der Waals surface area contributed by atoms with Crippen LogP contribution in [0.2, 0.25) is 0 Å². The molecule has 4 N–H and O–H groups in total. The molecule has 9 nitrogen and oxygen atoms in total. The van der Waals surface area contributed by atoms with Crippen molar-refractivity contribution < 1.29 is 23.9 Å². The van der Waals surface area contributed by atoms with Gasteiger partial charge in [-0.3, -0.25) is 10.1 Å². The maximum Gasteiger partial charge on any atom is 0.329 e. The predicted molar refractivity (Wildman–Crippen MR) is 131 cm³/mol. The zero-order chi connectivity index (χ0) is 25.4. The number of nitrogens with one attached hydrogen (secondary N) is 2. The fraction of sp³-hybridized carbons (Fsp3) is 0.280. The van der Waals surface area contributed by atoms with Gasteiger partial charge in [-0.15, -0.1) is 0 Å². The summed E-state index contributed by atoms with van der Waals surface area (Å²) in [5.74, 6) is -1.36. The van der Waals surface area contributed by atoms with Gasteiger partial charge in [-0.05, 0) is 30.2 Å². The number of carbonyl (C=O) groups excluding carboxylic acids is 3.